The van der Waals surface area contributed by atoms with Crippen LogP contribution in [0.2, 0.25) is 0 Å². The number of carbonyl (C=O) groups excluding carboxylic acids is 2. The van der Waals surface area contributed by atoms with E-state index in [0.29, 0.717) is 39.0 Å². The fourth-order valence-electron chi connectivity index (χ4n) is 6.16. The van der Waals surface area contributed by atoms with Gasteiger partial charge in [-0.3, -0.25) is 9.59 Å². The first-order valence-corrected chi connectivity index (χ1v) is 20.0. The molecule has 0 radical (unpaired) electrons. The molecule has 0 aromatic heterocycles. The van der Waals surface area contributed by atoms with Crippen molar-refractivity contribution in [3.05, 3.63) is 12.2 Å². The predicted molar refractivity (Wildman–Crippen MR) is 197 cm³/mol. The lowest BCUT2D eigenvalue weighted by Gasteiger charge is -2.27. The second kappa shape index (κ2) is 36.4. The van der Waals surface area contributed by atoms with Gasteiger partial charge < -0.3 is 20.0 Å². The molecule has 0 fully saturated rings. The number of amides is 2. The Balaban J connectivity index is 4.01. The molecule has 0 saturated heterocycles. The number of unbranched alkanes of at least 4 members (excludes halogenated alkanes) is 23. The van der Waals surface area contributed by atoms with Crippen molar-refractivity contribution in [2.75, 3.05) is 39.4 Å². The molecule has 272 valence electrons. The van der Waals surface area contributed by atoms with Gasteiger partial charge in [0.25, 0.3) is 0 Å². The van der Waals surface area contributed by atoms with Crippen LogP contribution in [0.3, 0.4) is 0 Å². The van der Waals surface area contributed by atoms with Gasteiger partial charge in [-0.15, -0.1) is 0 Å². The van der Waals surface area contributed by atoms with E-state index in [1.165, 1.54) is 128 Å². The minimum atomic E-state index is -0.0784. The Morgan fingerprint density at radius 2 is 0.696 bits per heavy atom. The molecule has 0 rings (SSSR count). The summed E-state index contributed by atoms with van der Waals surface area (Å²) in [4.78, 5) is 29.1. The minimum absolute atomic E-state index is 0.0552. The van der Waals surface area contributed by atoms with Gasteiger partial charge in [0.2, 0.25) is 11.8 Å². The van der Waals surface area contributed by atoms with Gasteiger partial charge in [0.1, 0.15) is 0 Å². The highest BCUT2D eigenvalue weighted by Crippen LogP contribution is 2.14. The molecule has 6 nitrogen and oxygen atoms in total. The summed E-state index contributed by atoms with van der Waals surface area (Å²) in [7, 11) is 0. The number of allylic oxidation sites excluding steroid dienone is 2. The molecule has 6 heteroatoms. The van der Waals surface area contributed by atoms with Crippen LogP contribution in [-0.2, 0) is 9.59 Å². The summed E-state index contributed by atoms with van der Waals surface area (Å²) in [6, 6.07) is 0. The number of hydrogen-bond acceptors (Lipinski definition) is 4. The van der Waals surface area contributed by atoms with E-state index in [1.807, 2.05) is 0 Å². The van der Waals surface area contributed by atoms with E-state index in [-0.39, 0.29) is 25.0 Å². The summed E-state index contributed by atoms with van der Waals surface area (Å²) in [5.74, 6) is 0.116. The molecular formula is C40H78N2O4. The summed E-state index contributed by atoms with van der Waals surface area (Å²) < 4.78 is 0. The lowest BCUT2D eigenvalue weighted by atomic mass is 10.0. The molecule has 46 heavy (non-hydrogen) atoms. The van der Waals surface area contributed by atoms with Crippen molar-refractivity contribution in [3.63, 3.8) is 0 Å². The lowest BCUT2D eigenvalue weighted by molar-refractivity contribution is -0.136. The number of carbonyl (C=O) groups is 2. The van der Waals surface area contributed by atoms with Gasteiger partial charge in [-0.1, -0.05) is 154 Å². The van der Waals surface area contributed by atoms with Crippen LogP contribution in [0, 0.1) is 0 Å². The van der Waals surface area contributed by atoms with Gasteiger partial charge in [0.05, 0.1) is 13.2 Å². The van der Waals surface area contributed by atoms with Crippen LogP contribution in [0.15, 0.2) is 12.2 Å². The van der Waals surface area contributed by atoms with Crippen molar-refractivity contribution in [1.82, 2.24) is 9.80 Å². The third-order valence-electron chi connectivity index (χ3n) is 9.23. The Kier molecular flexibility index (Phi) is 35.3. The first-order chi connectivity index (χ1) is 22.6. The zero-order chi connectivity index (χ0) is 33.8. The Labute approximate surface area is 286 Å². The molecule has 0 unspecified atom stereocenters. The topological polar surface area (TPSA) is 81.1 Å². The second-order valence-electron chi connectivity index (χ2n) is 13.5. The molecule has 0 bridgehead atoms. The smallest absolute Gasteiger partial charge is 0.222 e. The van der Waals surface area contributed by atoms with E-state index in [1.54, 1.807) is 9.80 Å². The molecule has 2 amide bonds. The van der Waals surface area contributed by atoms with E-state index in [0.717, 1.165) is 38.5 Å². The SMILES string of the molecule is CCCCCCCCC=CCCCCCCCC(=O)N(CCO)CCN(CCO)C(=O)CCCCCCCCCCCCCCC. The molecule has 0 heterocycles. The first-order valence-electron chi connectivity index (χ1n) is 20.0. The van der Waals surface area contributed by atoms with Gasteiger partial charge in [-0.05, 0) is 38.5 Å². The standard InChI is InChI=1S/C40H78N2O4/c1-3-5-7-9-11-13-15-17-18-20-22-24-26-28-30-32-40(46)42(36-38-44)34-33-41(35-37-43)39(45)31-29-27-25-23-21-19-16-14-12-10-8-6-4-2/h17-18,43-44H,3-16,19-38H2,1-2H3. The largest absolute Gasteiger partial charge is 0.395 e. The van der Waals surface area contributed by atoms with Crippen molar-refractivity contribution in [3.8, 4) is 0 Å². The third-order valence-corrected chi connectivity index (χ3v) is 9.23. The fraction of sp³-hybridized carbons (Fsp3) is 0.900. The molecule has 0 aliphatic heterocycles. The highest BCUT2D eigenvalue weighted by Gasteiger charge is 2.17. The Hall–Kier alpha value is -1.40. The van der Waals surface area contributed by atoms with E-state index in [4.69, 9.17) is 0 Å². The maximum Gasteiger partial charge on any atom is 0.222 e. The van der Waals surface area contributed by atoms with Crippen LogP contribution in [-0.4, -0.2) is 71.2 Å². The van der Waals surface area contributed by atoms with Gasteiger partial charge in [0.15, 0.2) is 0 Å². The summed E-state index contributed by atoms with van der Waals surface area (Å²) in [5, 5.41) is 19.1. The van der Waals surface area contributed by atoms with E-state index >= 15 is 0 Å². The molecule has 0 aliphatic rings. The molecule has 0 spiro atoms. The van der Waals surface area contributed by atoms with Crippen LogP contribution in [0.25, 0.3) is 0 Å². The van der Waals surface area contributed by atoms with Crippen molar-refractivity contribution in [2.24, 2.45) is 0 Å². The summed E-state index contributed by atoms with van der Waals surface area (Å²) in [6.07, 6.45) is 38.2. The third kappa shape index (κ3) is 30.0. The Bertz CT molecular complexity index is 684. The van der Waals surface area contributed by atoms with Crippen molar-refractivity contribution >= 4 is 11.8 Å². The second-order valence-corrected chi connectivity index (χ2v) is 13.5. The van der Waals surface area contributed by atoms with Crippen molar-refractivity contribution < 1.29 is 19.8 Å². The Morgan fingerprint density at radius 1 is 0.413 bits per heavy atom. The maximum atomic E-state index is 12.9. The first kappa shape index (κ1) is 44.6. The summed E-state index contributed by atoms with van der Waals surface area (Å²) in [6.45, 7) is 5.79. The van der Waals surface area contributed by atoms with E-state index in [9.17, 15) is 19.8 Å². The molecule has 0 saturated carbocycles. The number of rotatable bonds is 36. The van der Waals surface area contributed by atoms with Crippen molar-refractivity contribution in [1.29, 1.82) is 0 Å². The lowest BCUT2D eigenvalue weighted by Crippen LogP contribution is -2.43. The average Bonchev–Trinajstić information content (AvgIpc) is 3.06. The zero-order valence-corrected chi connectivity index (χ0v) is 30.8. The molecule has 0 aromatic rings. The van der Waals surface area contributed by atoms with Crippen molar-refractivity contribution in [2.45, 2.75) is 194 Å². The normalized spacial score (nSPS) is 11.5. The number of aliphatic hydroxyl groups excluding tert-OH is 2. The number of aliphatic hydroxyl groups is 2. The minimum Gasteiger partial charge on any atom is -0.395 e. The van der Waals surface area contributed by atoms with Gasteiger partial charge >= 0.3 is 0 Å². The fourth-order valence-corrected chi connectivity index (χ4v) is 6.16. The van der Waals surface area contributed by atoms with Crippen LogP contribution in [0.1, 0.15) is 194 Å². The molecule has 0 aromatic carbocycles. The van der Waals surface area contributed by atoms with Gasteiger partial charge in [-0.25, -0.2) is 0 Å². The summed E-state index contributed by atoms with van der Waals surface area (Å²) >= 11 is 0. The Morgan fingerprint density at radius 3 is 1.00 bits per heavy atom. The van der Waals surface area contributed by atoms with Gasteiger partial charge in [0, 0.05) is 39.0 Å². The number of hydrogen-bond donors (Lipinski definition) is 2. The predicted octanol–water partition coefficient (Wildman–Crippen LogP) is 10.1. The monoisotopic (exact) mass is 651 g/mol. The van der Waals surface area contributed by atoms with Gasteiger partial charge in [-0.2, -0.15) is 0 Å². The molecule has 0 atom stereocenters. The summed E-state index contributed by atoms with van der Waals surface area (Å²) in [5.41, 5.74) is 0. The van der Waals surface area contributed by atoms with Crippen LogP contribution in [0.4, 0.5) is 0 Å². The highest BCUT2D eigenvalue weighted by molar-refractivity contribution is 5.77. The molecular weight excluding hydrogens is 572 g/mol. The molecule has 0 aliphatic carbocycles. The van der Waals surface area contributed by atoms with Crippen LogP contribution >= 0.6 is 0 Å². The quantitative estimate of drug-likeness (QED) is 0.0522. The van der Waals surface area contributed by atoms with E-state index < -0.39 is 0 Å². The van der Waals surface area contributed by atoms with Crippen LogP contribution < -0.4 is 0 Å². The maximum absolute atomic E-state index is 12.9. The zero-order valence-electron chi connectivity index (χ0n) is 30.8. The number of nitrogens with zero attached hydrogens (tertiary/aromatic N) is 2. The van der Waals surface area contributed by atoms with E-state index in [2.05, 4.69) is 26.0 Å². The average molecular weight is 651 g/mol. The van der Waals surface area contributed by atoms with Crippen LogP contribution in [0.5, 0.6) is 0 Å². The molecule has 2 N–H and O–H groups in total. The highest BCUT2D eigenvalue weighted by atomic mass is 16.3.